The van der Waals surface area contributed by atoms with Crippen molar-refractivity contribution in [2.45, 2.75) is 32.6 Å². The van der Waals surface area contributed by atoms with Crippen molar-refractivity contribution in [3.05, 3.63) is 64.6 Å². The molecule has 30 heavy (non-hydrogen) atoms. The molecule has 0 spiro atoms. The van der Waals surface area contributed by atoms with Crippen LogP contribution in [0.4, 0.5) is 5.69 Å². The molecule has 0 aromatic heterocycles. The first-order valence-corrected chi connectivity index (χ1v) is 11.1. The number of hydrogen-bond acceptors (Lipinski definition) is 5. The Bertz CT molecular complexity index is 988. The smallest absolute Gasteiger partial charge is 0.266 e. The van der Waals surface area contributed by atoms with Gasteiger partial charge in [-0.2, -0.15) is 0 Å². The number of nitrogens with zero attached hydrogens (tertiary/aromatic N) is 1. The third kappa shape index (κ3) is 5.93. The molecular weight excluding hydrogens is 416 g/mol. The maximum atomic E-state index is 12.6. The van der Waals surface area contributed by atoms with E-state index < -0.39 is 0 Å². The molecule has 0 saturated carbocycles. The molecule has 3 rings (SSSR count). The van der Waals surface area contributed by atoms with Gasteiger partial charge in [-0.15, -0.1) is 0 Å². The molecule has 2 amide bonds. The lowest BCUT2D eigenvalue weighted by atomic mass is 10.1. The summed E-state index contributed by atoms with van der Waals surface area (Å²) < 4.78 is 0.527. The lowest BCUT2D eigenvalue weighted by Gasteiger charge is -2.14. The van der Waals surface area contributed by atoms with Crippen LogP contribution in [0.15, 0.2) is 53.4 Å². The Kier molecular flexibility index (Phi) is 7.65. The Morgan fingerprint density at radius 3 is 2.73 bits per heavy atom. The van der Waals surface area contributed by atoms with Gasteiger partial charge in [0, 0.05) is 24.2 Å². The van der Waals surface area contributed by atoms with Crippen molar-refractivity contribution in [1.29, 1.82) is 0 Å². The number of aromatic hydroxyl groups is 1. The Morgan fingerprint density at radius 1 is 1.17 bits per heavy atom. The van der Waals surface area contributed by atoms with E-state index in [1.807, 2.05) is 31.2 Å². The molecule has 156 valence electrons. The number of amides is 2. The number of phenolic OH excluding ortho intramolecular Hbond substituents is 1. The fraction of sp³-hybridized carbons (Fsp3) is 0.261. The van der Waals surface area contributed by atoms with Crippen molar-refractivity contribution in [3.63, 3.8) is 0 Å². The molecule has 7 heteroatoms. The molecule has 1 saturated heterocycles. The molecule has 0 unspecified atom stereocenters. The molecule has 2 N–H and O–H groups in total. The number of unbranched alkanes of at least 4 members (excludes halogenated alkanes) is 2. The van der Waals surface area contributed by atoms with Crippen molar-refractivity contribution >= 4 is 51.9 Å². The van der Waals surface area contributed by atoms with Gasteiger partial charge < -0.3 is 10.4 Å². The van der Waals surface area contributed by atoms with E-state index in [4.69, 9.17) is 12.2 Å². The number of benzene rings is 2. The second-order valence-electron chi connectivity index (χ2n) is 7.12. The van der Waals surface area contributed by atoms with Crippen molar-refractivity contribution in [3.8, 4) is 5.75 Å². The Morgan fingerprint density at radius 2 is 1.97 bits per heavy atom. The van der Waals surface area contributed by atoms with Gasteiger partial charge in [-0.25, -0.2) is 0 Å². The molecule has 1 aliphatic heterocycles. The molecule has 2 aromatic rings. The van der Waals surface area contributed by atoms with Gasteiger partial charge in [0.15, 0.2) is 0 Å². The second kappa shape index (κ2) is 10.4. The van der Waals surface area contributed by atoms with Gasteiger partial charge in [0.25, 0.3) is 5.91 Å². The molecule has 0 bridgehead atoms. The first kappa shape index (κ1) is 22.1. The number of nitrogens with one attached hydrogen (secondary N) is 1. The van der Waals surface area contributed by atoms with Crippen LogP contribution in [-0.4, -0.2) is 32.7 Å². The number of aryl methyl sites for hydroxylation is 1. The normalized spacial score (nSPS) is 15.1. The van der Waals surface area contributed by atoms with Crippen LogP contribution < -0.4 is 5.32 Å². The van der Waals surface area contributed by atoms with Crippen LogP contribution in [0.5, 0.6) is 5.75 Å². The van der Waals surface area contributed by atoms with E-state index in [0.29, 0.717) is 27.8 Å². The molecule has 0 radical (unpaired) electrons. The van der Waals surface area contributed by atoms with E-state index in [0.717, 1.165) is 30.5 Å². The van der Waals surface area contributed by atoms with E-state index in [9.17, 15) is 14.7 Å². The lowest BCUT2D eigenvalue weighted by molar-refractivity contribution is -0.122. The van der Waals surface area contributed by atoms with Gasteiger partial charge in [0.1, 0.15) is 10.1 Å². The van der Waals surface area contributed by atoms with E-state index in [1.54, 1.807) is 35.2 Å². The zero-order valence-electron chi connectivity index (χ0n) is 16.8. The second-order valence-corrected chi connectivity index (χ2v) is 8.80. The predicted octanol–water partition coefficient (Wildman–Crippen LogP) is 5.10. The first-order valence-electron chi connectivity index (χ1n) is 9.84. The molecule has 2 aromatic carbocycles. The minimum Gasteiger partial charge on any atom is -0.507 e. The summed E-state index contributed by atoms with van der Waals surface area (Å²) in [4.78, 5) is 26.8. The summed E-state index contributed by atoms with van der Waals surface area (Å²) in [6.07, 6.45) is 4.47. The molecule has 1 aliphatic rings. The number of phenols is 1. The van der Waals surface area contributed by atoms with Gasteiger partial charge in [0.05, 0.1) is 4.91 Å². The van der Waals surface area contributed by atoms with Crippen molar-refractivity contribution in [1.82, 2.24) is 4.90 Å². The minimum absolute atomic E-state index is 0.00295. The topological polar surface area (TPSA) is 69.6 Å². The quantitative estimate of drug-likeness (QED) is 0.339. The lowest BCUT2D eigenvalue weighted by Crippen LogP contribution is -2.29. The van der Waals surface area contributed by atoms with E-state index in [-0.39, 0.29) is 17.6 Å². The van der Waals surface area contributed by atoms with Gasteiger partial charge in [0.2, 0.25) is 5.91 Å². The molecular formula is C23H24N2O3S2. The molecule has 1 fully saturated rings. The van der Waals surface area contributed by atoms with Crippen LogP contribution in [0.2, 0.25) is 0 Å². The van der Waals surface area contributed by atoms with Crippen LogP contribution >= 0.6 is 24.0 Å². The van der Waals surface area contributed by atoms with Gasteiger partial charge >= 0.3 is 0 Å². The van der Waals surface area contributed by atoms with E-state index in [1.165, 1.54) is 11.8 Å². The van der Waals surface area contributed by atoms with Gasteiger partial charge in [-0.1, -0.05) is 60.7 Å². The van der Waals surface area contributed by atoms with Crippen LogP contribution in [0.3, 0.4) is 0 Å². The summed E-state index contributed by atoms with van der Waals surface area (Å²) >= 11 is 6.60. The molecule has 0 atom stereocenters. The van der Waals surface area contributed by atoms with E-state index >= 15 is 0 Å². The standard InChI is InChI=1S/C23H24N2O3S2/c1-16-8-7-10-18(14-16)24-21(27)12-3-2-6-13-25-22(28)20(30-23(25)29)15-17-9-4-5-11-19(17)26/h4-5,7-11,14-15,26H,2-3,6,12-13H2,1H3,(H,24,27)/b20-15-. The van der Waals surface area contributed by atoms with Crippen molar-refractivity contribution in [2.24, 2.45) is 0 Å². The van der Waals surface area contributed by atoms with Crippen LogP contribution in [-0.2, 0) is 9.59 Å². The number of anilines is 1. The predicted molar refractivity (Wildman–Crippen MR) is 126 cm³/mol. The fourth-order valence-corrected chi connectivity index (χ4v) is 4.42. The summed E-state index contributed by atoms with van der Waals surface area (Å²) in [7, 11) is 0. The highest BCUT2D eigenvalue weighted by Gasteiger charge is 2.31. The zero-order chi connectivity index (χ0) is 21.5. The number of para-hydroxylation sites is 1. The summed E-state index contributed by atoms with van der Waals surface area (Å²) in [6, 6.07) is 14.6. The van der Waals surface area contributed by atoms with Gasteiger partial charge in [-0.3, -0.25) is 14.5 Å². The highest BCUT2D eigenvalue weighted by Crippen LogP contribution is 2.34. The first-order chi connectivity index (χ1) is 14.4. The third-order valence-corrected chi connectivity index (χ3v) is 6.06. The van der Waals surface area contributed by atoms with E-state index in [2.05, 4.69) is 5.32 Å². The largest absolute Gasteiger partial charge is 0.507 e. The van der Waals surface area contributed by atoms with Gasteiger partial charge in [-0.05, 0) is 49.6 Å². The number of carbonyl (C=O) groups is 2. The SMILES string of the molecule is Cc1cccc(NC(=O)CCCCCN2C(=O)/C(=C/c3ccccc3O)SC2=S)c1. The van der Waals surface area contributed by atoms with Crippen molar-refractivity contribution < 1.29 is 14.7 Å². The number of rotatable bonds is 8. The average molecular weight is 441 g/mol. The number of thiocarbonyl (C=S) groups is 1. The summed E-state index contributed by atoms with van der Waals surface area (Å²) in [5.41, 5.74) is 2.51. The van der Waals surface area contributed by atoms with Crippen molar-refractivity contribution in [2.75, 3.05) is 11.9 Å². The third-order valence-electron chi connectivity index (χ3n) is 4.68. The average Bonchev–Trinajstić information content (AvgIpc) is 2.96. The van der Waals surface area contributed by atoms with Crippen LogP contribution in [0.25, 0.3) is 6.08 Å². The number of thioether (sulfide) groups is 1. The number of hydrogen-bond donors (Lipinski definition) is 2. The monoisotopic (exact) mass is 440 g/mol. The van der Waals surface area contributed by atoms with Crippen LogP contribution in [0, 0.1) is 6.92 Å². The minimum atomic E-state index is -0.134. The Balaban J connectivity index is 1.42. The maximum Gasteiger partial charge on any atom is 0.266 e. The molecule has 5 nitrogen and oxygen atoms in total. The summed E-state index contributed by atoms with van der Waals surface area (Å²) in [6.45, 7) is 2.52. The van der Waals surface area contributed by atoms with Crippen LogP contribution in [0.1, 0.15) is 36.8 Å². The maximum absolute atomic E-state index is 12.6. The Hall–Kier alpha value is -2.64. The Labute approximate surface area is 186 Å². The molecule has 1 heterocycles. The summed E-state index contributed by atoms with van der Waals surface area (Å²) in [5, 5.41) is 12.8. The zero-order valence-corrected chi connectivity index (χ0v) is 18.4. The number of carbonyl (C=O) groups excluding carboxylic acids is 2. The highest BCUT2D eigenvalue weighted by atomic mass is 32.2. The fourth-order valence-electron chi connectivity index (χ4n) is 3.12. The highest BCUT2D eigenvalue weighted by molar-refractivity contribution is 8.26. The summed E-state index contributed by atoms with van der Waals surface area (Å²) in [5.74, 6) is -0.00559. The molecule has 0 aliphatic carbocycles.